The Morgan fingerprint density at radius 1 is 1.40 bits per heavy atom. The van der Waals surface area contributed by atoms with Gasteiger partial charge >= 0.3 is 0 Å². The summed E-state index contributed by atoms with van der Waals surface area (Å²) in [7, 11) is 1.69. The lowest BCUT2D eigenvalue weighted by molar-refractivity contribution is 0.199. The first-order chi connectivity index (χ1) is 9.70. The van der Waals surface area contributed by atoms with Crippen LogP contribution in [-0.2, 0) is 11.2 Å². The summed E-state index contributed by atoms with van der Waals surface area (Å²) >= 11 is 9.44. The molecular formula is C14H16BrClN2O2. The van der Waals surface area contributed by atoms with Crippen LogP contribution in [0.25, 0.3) is 11.3 Å². The van der Waals surface area contributed by atoms with E-state index in [0.29, 0.717) is 17.5 Å². The molecule has 0 spiro atoms. The first kappa shape index (κ1) is 15.5. The summed E-state index contributed by atoms with van der Waals surface area (Å²) in [6.45, 7) is 2.34. The lowest BCUT2D eigenvalue weighted by Gasteiger charge is -2.01. The van der Waals surface area contributed by atoms with Gasteiger partial charge in [0.2, 0.25) is 0 Å². The molecule has 0 saturated heterocycles. The summed E-state index contributed by atoms with van der Waals surface area (Å²) in [6, 6.07) is 5.69. The van der Waals surface area contributed by atoms with E-state index in [1.807, 2.05) is 18.2 Å². The van der Waals surface area contributed by atoms with E-state index in [9.17, 15) is 0 Å². The molecule has 0 unspecified atom stereocenters. The molecule has 20 heavy (non-hydrogen) atoms. The van der Waals surface area contributed by atoms with Crippen molar-refractivity contribution in [3.05, 3.63) is 39.8 Å². The highest BCUT2D eigenvalue weighted by atomic mass is 79.9. The van der Waals surface area contributed by atoms with E-state index in [1.165, 1.54) is 0 Å². The van der Waals surface area contributed by atoms with Crippen molar-refractivity contribution in [1.82, 2.24) is 10.3 Å². The minimum Gasteiger partial charge on any atom is -0.441 e. The third-order valence-electron chi connectivity index (χ3n) is 2.76. The predicted molar refractivity (Wildman–Crippen MR) is 83.1 cm³/mol. The van der Waals surface area contributed by atoms with Crippen LogP contribution in [0.2, 0.25) is 5.02 Å². The Balaban J connectivity index is 1.93. The molecular weight excluding hydrogens is 344 g/mol. The summed E-state index contributed by atoms with van der Waals surface area (Å²) < 4.78 is 11.5. The van der Waals surface area contributed by atoms with Gasteiger partial charge in [-0.2, -0.15) is 0 Å². The van der Waals surface area contributed by atoms with Crippen LogP contribution in [0.4, 0.5) is 0 Å². The molecule has 0 fully saturated rings. The molecule has 0 saturated carbocycles. The van der Waals surface area contributed by atoms with Crippen LogP contribution < -0.4 is 5.32 Å². The normalized spacial score (nSPS) is 10.9. The third-order valence-corrected chi connectivity index (χ3v) is 3.99. The minimum absolute atomic E-state index is 0.654. The fraction of sp³-hybridized carbons (Fsp3) is 0.357. The Hall–Kier alpha value is -0.880. The van der Waals surface area contributed by atoms with E-state index in [2.05, 4.69) is 26.2 Å². The minimum atomic E-state index is 0.654. The Labute approximate surface area is 131 Å². The van der Waals surface area contributed by atoms with E-state index in [0.717, 1.165) is 35.3 Å². The molecule has 1 aromatic carbocycles. The summed E-state index contributed by atoms with van der Waals surface area (Å²) in [5.41, 5.74) is 0.921. The first-order valence-electron chi connectivity index (χ1n) is 6.30. The number of ether oxygens (including phenoxy) is 1. The van der Waals surface area contributed by atoms with Crippen molar-refractivity contribution in [3.63, 3.8) is 0 Å². The number of oxazole rings is 1. The molecule has 6 heteroatoms. The van der Waals surface area contributed by atoms with Gasteiger partial charge < -0.3 is 14.5 Å². The quantitative estimate of drug-likeness (QED) is 0.768. The fourth-order valence-electron chi connectivity index (χ4n) is 1.70. The molecule has 0 aliphatic rings. The van der Waals surface area contributed by atoms with E-state index in [-0.39, 0.29) is 0 Å². The van der Waals surface area contributed by atoms with Gasteiger partial charge in [-0.3, -0.25) is 0 Å². The zero-order valence-electron chi connectivity index (χ0n) is 11.2. The van der Waals surface area contributed by atoms with Crippen LogP contribution in [0.1, 0.15) is 5.89 Å². The average molecular weight is 360 g/mol. The Bertz CT molecular complexity index is 560. The van der Waals surface area contributed by atoms with Crippen LogP contribution in [-0.4, -0.2) is 31.8 Å². The van der Waals surface area contributed by atoms with Crippen LogP contribution in [0, 0.1) is 0 Å². The number of benzene rings is 1. The molecule has 0 atom stereocenters. The number of hydrogen-bond acceptors (Lipinski definition) is 4. The number of nitrogens with zero attached hydrogens (tertiary/aromatic N) is 1. The Morgan fingerprint density at radius 2 is 2.25 bits per heavy atom. The number of rotatable bonds is 7. The van der Waals surface area contributed by atoms with Gasteiger partial charge in [0.25, 0.3) is 0 Å². The van der Waals surface area contributed by atoms with Gasteiger partial charge in [-0.1, -0.05) is 11.6 Å². The van der Waals surface area contributed by atoms with Crippen molar-refractivity contribution in [1.29, 1.82) is 0 Å². The van der Waals surface area contributed by atoms with Crippen LogP contribution in [0.3, 0.4) is 0 Å². The smallest absolute Gasteiger partial charge is 0.196 e. The molecule has 4 nitrogen and oxygen atoms in total. The highest BCUT2D eigenvalue weighted by Crippen LogP contribution is 2.29. The van der Waals surface area contributed by atoms with Gasteiger partial charge in [-0.05, 0) is 34.1 Å². The Morgan fingerprint density at radius 3 is 3.00 bits per heavy atom. The van der Waals surface area contributed by atoms with E-state index < -0.39 is 0 Å². The SMILES string of the molecule is COCCNCCc1ncc(-c2ccc(Br)c(Cl)c2)o1. The highest BCUT2D eigenvalue weighted by Gasteiger charge is 2.08. The highest BCUT2D eigenvalue weighted by molar-refractivity contribution is 9.10. The fourth-order valence-corrected chi connectivity index (χ4v) is 2.13. The van der Waals surface area contributed by atoms with E-state index >= 15 is 0 Å². The summed E-state index contributed by atoms with van der Waals surface area (Å²) in [5.74, 6) is 1.44. The van der Waals surface area contributed by atoms with Gasteiger partial charge in [0, 0.05) is 36.7 Å². The second-order valence-electron chi connectivity index (χ2n) is 4.24. The van der Waals surface area contributed by atoms with E-state index in [4.69, 9.17) is 20.8 Å². The van der Waals surface area contributed by atoms with Crippen LogP contribution in [0.15, 0.2) is 33.3 Å². The van der Waals surface area contributed by atoms with Gasteiger partial charge in [-0.15, -0.1) is 0 Å². The predicted octanol–water partition coefficient (Wildman–Crippen LogP) is 3.54. The molecule has 1 aromatic heterocycles. The molecule has 0 aliphatic carbocycles. The van der Waals surface area contributed by atoms with E-state index in [1.54, 1.807) is 13.3 Å². The zero-order chi connectivity index (χ0) is 14.4. The second-order valence-corrected chi connectivity index (χ2v) is 5.50. The molecule has 1 heterocycles. The van der Waals surface area contributed by atoms with Gasteiger partial charge in [-0.25, -0.2) is 4.98 Å². The number of nitrogens with one attached hydrogen (secondary N) is 1. The first-order valence-corrected chi connectivity index (χ1v) is 7.47. The van der Waals surface area contributed by atoms with Crippen LogP contribution in [0.5, 0.6) is 0 Å². The average Bonchev–Trinajstić information content (AvgIpc) is 2.90. The maximum absolute atomic E-state index is 6.07. The third kappa shape index (κ3) is 4.31. The van der Waals surface area contributed by atoms with Crippen molar-refractivity contribution < 1.29 is 9.15 Å². The molecule has 0 amide bonds. The Kier molecular flexibility index (Phi) is 6.04. The number of methoxy groups -OCH3 is 1. The van der Waals surface area contributed by atoms with Gasteiger partial charge in [0.15, 0.2) is 11.7 Å². The topological polar surface area (TPSA) is 47.3 Å². The summed E-state index contributed by atoms with van der Waals surface area (Å²) in [6.07, 6.45) is 2.47. The largest absolute Gasteiger partial charge is 0.441 e. The monoisotopic (exact) mass is 358 g/mol. The molecule has 0 aliphatic heterocycles. The standard InChI is InChI=1S/C14H16BrClN2O2/c1-19-7-6-17-5-4-14-18-9-13(20-14)10-2-3-11(15)12(16)8-10/h2-3,8-9,17H,4-7H2,1H3. The molecule has 108 valence electrons. The molecule has 0 radical (unpaired) electrons. The van der Waals surface area contributed by atoms with Crippen molar-refractivity contribution in [2.75, 3.05) is 26.8 Å². The summed E-state index contributed by atoms with van der Waals surface area (Å²) in [5, 5.41) is 3.90. The molecule has 2 rings (SSSR count). The van der Waals surface area contributed by atoms with Crippen LogP contribution >= 0.6 is 27.5 Å². The van der Waals surface area contributed by atoms with Crippen molar-refractivity contribution >= 4 is 27.5 Å². The van der Waals surface area contributed by atoms with Gasteiger partial charge in [0.05, 0.1) is 17.8 Å². The maximum atomic E-state index is 6.07. The maximum Gasteiger partial charge on any atom is 0.196 e. The number of hydrogen-bond donors (Lipinski definition) is 1. The lowest BCUT2D eigenvalue weighted by Crippen LogP contribution is -2.21. The number of aromatic nitrogens is 1. The summed E-state index contributed by atoms with van der Waals surface area (Å²) in [4.78, 5) is 4.27. The second kappa shape index (κ2) is 7.78. The zero-order valence-corrected chi connectivity index (χ0v) is 13.5. The van der Waals surface area contributed by atoms with Crippen molar-refractivity contribution in [2.24, 2.45) is 0 Å². The van der Waals surface area contributed by atoms with Crippen molar-refractivity contribution in [2.45, 2.75) is 6.42 Å². The number of halogens is 2. The molecule has 0 bridgehead atoms. The van der Waals surface area contributed by atoms with Gasteiger partial charge in [0.1, 0.15) is 0 Å². The molecule has 1 N–H and O–H groups in total. The lowest BCUT2D eigenvalue weighted by atomic mass is 10.2. The molecule has 2 aromatic rings. The van der Waals surface area contributed by atoms with Crippen molar-refractivity contribution in [3.8, 4) is 11.3 Å².